The van der Waals surface area contributed by atoms with E-state index in [0.717, 1.165) is 26.1 Å². The van der Waals surface area contributed by atoms with E-state index in [-0.39, 0.29) is 12.2 Å². The van der Waals surface area contributed by atoms with Gasteiger partial charge in [-0.2, -0.15) is 0 Å². The molecule has 2 fully saturated rings. The Morgan fingerprint density at radius 1 is 1.00 bits per heavy atom. The lowest BCUT2D eigenvalue weighted by Gasteiger charge is -2.37. The minimum atomic E-state index is -0.299. The maximum absolute atomic E-state index is 10.5. The zero-order valence-corrected chi connectivity index (χ0v) is 10.9. The second-order valence-corrected chi connectivity index (χ2v) is 5.54. The van der Waals surface area contributed by atoms with Crippen molar-refractivity contribution in [2.75, 3.05) is 20.3 Å². The van der Waals surface area contributed by atoms with E-state index in [1.807, 2.05) is 0 Å². The average Bonchev–Trinajstić information content (AvgIpc) is 2.42. The maximum Gasteiger partial charge on any atom is 0.0860 e. The molecule has 1 aliphatic heterocycles. The fourth-order valence-corrected chi connectivity index (χ4v) is 3.40. The molecule has 1 saturated heterocycles. The van der Waals surface area contributed by atoms with Gasteiger partial charge >= 0.3 is 0 Å². The largest absolute Gasteiger partial charge is 0.390 e. The SMILES string of the molecule is COC(C1CCCCC1)C(O)C1CCOCC1. The van der Waals surface area contributed by atoms with Crippen LogP contribution in [0.4, 0.5) is 0 Å². The summed E-state index contributed by atoms with van der Waals surface area (Å²) >= 11 is 0. The Balaban J connectivity index is 1.90. The zero-order chi connectivity index (χ0) is 12.1. The molecule has 0 aromatic heterocycles. The lowest BCUT2D eigenvalue weighted by Crippen LogP contribution is -2.42. The Kier molecular flexibility index (Phi) is 5.26. The fourth-order valence-electron chi connectivity index (χ4n) is 3.40. The highest BCUT2D eigenvalue weighted by molar-refractivity contribution is 4.85. The molecule has 3 nitrogen and oxygen atoms in total. The van der Waals surface area contributed by atoms with Crippen LogP contribution in [0.5, 0.6) is 0 Å². The van der Waals surface area contributed by atoms with Crippen LogP contribution in [-0.2, 0) is 9.47 Å². The van der Waals surface area contributed by atoms with Crippen molar-refractivity contribution in [3.05, 3.63) is 0 Å². The summed E-state index contributed by atoms with van der Waals surface area (Å²) in [6, 6.07) is 0. The summed E-state index contributed by atoms with van der Waals surface area (Å²) in [5.74, 6) is 0.933. The lowest BCUT2D eigenvalue weighted by atomic mass is 9.79. The third kappa shape index (κ3) is 3.43. The van der Waals surface area contributed by atoms with Crippen LogP contribution in [0.3, 0.4) is 0 Å². The number of aliphatic hydroxyl groups excluding tert-OH is 1. The van der Waals surface area contributed by atoms with Crippen LogP contribution in [0, 0.1) is 11.8 Å². The molecule has 1 heterocycles. The zero-order valence-electron chi connectivity index (χ0n) is 10.9. The van der Waals surface area contributed by atoms with Crippen LogP contribution >= 0.6 is 0 Å². The van der Waals surface area contributed by atoms with Gasteiger partial charge in [-0.3, -0.25) is 0 Å². The van der Waals surface area contributed by atoms with Crippen molar-refractivity contribution in [3.63, 3.8) is 0 Å². The molecule has 2 aliphatic rings. The van der Waals surface area contributed by atoms with Crippen molar-refractivity contribution in [2.24, 2.45) is 11.8 Å². The summed E-state index contributed by atoms with van der Waals surface area (Å²) in [6.07, 6.45) is 8.08. The third-order valence-corrected chi connectivity index (χ3v) is 4.47. The summed E-state index contributed by atoms with van der Waals surface area (Å²) in [4.78, 5) is 0. The highest BCUT2D eigenvalue weighted by Crippen LogP contribution is 2.33. The molecule has 17 heavy (non-hydrogen) atoms. The first-order chi connectivity index (χ1) is 8.33. The number of methoxy groups -OCH3 is 1. The molecule has 0 amide bonds. The van der Waals surface area contributed by atoms with E-state index in [9.17, 15) is 5.11 Å². The molecule has 0 radical (unpaired) electrons. The van der Waals surface area contributed by atoms with Gasteiger partial charge in [0.05, 0.1) is 12.2 Å². The first-order valence-corrected chi connectivity index (χ1v) is 7.11. The van der Waals surface area contributed by atoms with E-state index in [2.05, 4.69) is 0 Å². The van der Waals surface area contributed by atoms with Crippen LogP contribution < -0.4 is 0 Å². The molecule has 3 heteroatoms. The van der Waals surface area contributed by atoms with Gasteiger partial charge < -0.3 is 14.6 Å². The quantitative estimate of drug-likeness (QED) is 0.822. The summed E-state index contributed by atoms with van der Waals surface area (Å²) in [6.45, 7) is 1.59. The smallest absolute Gasteiger partial charge is 0.0860 e. The molecule has 2 rings (SSSR count). The van der Waals surface area contributed by atoms with Gasteiger partial charge in [-0.05, 0) is 37.5 Å². The highest BCUT2D eigenvalue weighted by Gasteiger charge is 2.34. The van der Waals surface area contributed by atoms with Crippen LogP contribution in [-0.4, -0.2) is 37.6 Å². The van der Waals surface area contributed by atoms with Crippen LogP contribution in [0.2, 0.25) is 0 Å². The van der Waals surface area contributed by atoms with Gasteiger partial charge in [0.15, 0.2) is 0 Å². The number of aliphatic hydroxyl groups is 1. The van der Waals surface area contributed by atoms with E-state index in [1.54, 1.807) is 7.11 Å². The number of hydrogen-bond acceptors (Lipinski definition) is 3. The van der Waals surface area contributed by atoms with Crippen molar-refractivity contribution in [2.45, 2.75) is 57.2 Å². The van der Waals surface area contributed by atoms with E-state index >= 15 is 0 Å². The second-order valence-electron chi connectivity index (χ2n) is 5.54. The molecule has 1 N–H and O–H groups in total. The van der Waals surface area contributed by atoms with E-state index in [0.29, 0.717) is 11.8 Å². The minimum Gasteiger partial charge on any atom is -0.390 e. The second kappa shape index (κ2) is 6.72. The highest BCUT2D eigenvalue weighted by atomic mass is 16.5. The monoisotopic (exact) mass is 242 g/mol. The van der Waals surface area contributed by atoms with Gasteiger partial charge in [0.2, 0.25) is 0 Å². The number of ether oxygens (including phenoxy) is 2. The molecule has 0 spiro atoms. The number of hydrogen-bond donors (Lipinski definition) is 1. The third-order valence-electron chi connectivity index (χ3n) is 4.47. The predicted octanol–water partition coefficient (Wildman–Crippen LogP) is 2.37. The summed E-state index contributed by atoms with van der Waals surface area (Å²) in [5, 5.41) is 10.5. The van der Waals surface area contributed by atoms with E-state index < -0.39 is 0 Å². The molecule has 0 bridgehead atoms. The normalized spacial score (nSPS) is 27.9. The van der Waals surface area contributed by atoms with Crippen LogP contribution in [0.15, 0.2) is 0 Å². The lowest BCUT2D eigenvalue weighted by molar-refractivity contribution is -0.0962. The Hall–Kier alpha value is -0.120. The van der Waals surface area contributed by atoms with Crippen LogP contribution in [0.25, 0.3) is 0 Å². The molecular formula is C14H26O3. The predicted molar refractivity (Wildman–Crippen MR) is 66.9 cm³/mol. The molecule has 0 aromatic carbocycles. The molecular weight excluding hydrogens is 216 g/mol. The van der Waals surface area contributed by atoms with Crippen molar-refractivity contribution in [3.8, 4) is 0 Å². The Morgan fingerprint density at radius 2 is 1.65 bits per heavy atom. The molecule has 2 unspecified atom stereocenters. The molecule has 100 valence electrons. The summed E-state index contributed by atoms with van der Waals surface area (Å²) in [7, 11) is 1.75. The number of rotatable bonds is 4. The van der Waals surface area contributed by atoms with Crippen molar-refractivity contribution < 1.29 is 14.6 Å². The first kappa shape index (κ1) is 13.3. The van der Waals surface area contributed by atoms with Crippen molar-refractivity contribution in [1.82, 2.24) is 0 Å². The summed E-state index contributed by atoms with van der Waals surface area (Å²) < 4.78 is 11.0. The van der Waals surface area contributed by atoms with Gasteiger partial charge in [-0.1, -0.05) is 19.3 Å². The molecule has 1 aliphatic carbocycles. The maximum atomic E-state index is 10.5. The standard InChI is InChI=1S/C14H26O3/c1-16-14(12-5-3-2-4-6-12)13(15)11-7-9-17-10-8-11/h11-15H,2-10H2,1H3. The van der Waals surface area contributed by atoms with Gasteiger partial charge in [0.1, 0.15) is 0 Å². The van der Waals surface area contributed by atoms with Gasteiger partial charge in [-0.15, -0.1) is 0 Å². The Morgan fingerprint density at radius 3 is 2.24 bits per heavy atom. The average molecular weight is 242 g/mol. The van der Waals surface area contributed by atoms with Gasteiger partial charge in [-0.25, -0.2) is 0 Å². The topological polar surface area (TPSA) is 38.7 Å². The molecule has 0 aromatic rings. The van der Waals surface area contributed by atoms with E-state index in [4.69, 9.17) is 9.47 Å². The summed E-state index contributed by atoms with van der Waals surface area (Å²) in [5.41, 5.74) is 0. The molecule has 2 atom stereocenters. The minimum absolute atomic E-state index is 0.0402. The van der Waals surface area contributed by atoms with Crippen molar-refractivity contribution in [1.29, 1.82) is 0 Å². The van der Waals surface area contributed by atoms with E-state index in [1.165, 1.54) is 32.1 Å². The fraction of sp³-hybridized carbons (Fsp3) is 1.00. The van der Waals surface area contributed by atoms with Gasteiger partial charge in [0, 0.05) is 20.3 Å². The van der Waals surface area contributed by atoms with Crippen LogP contribution in [0.1, 0.15) is 44.9 Å². The Bertz CT molecular complexity index is 208. The van der Waals surface area contributed by atoms with Crippen molar-refractivity contribution >= 4 is 0 Å². The molecule has 1 saturated carbocycles. The van der Waals surface area contributed by atoms with Gasteiger partial charge in [0.25, 0.3) is 0 Å². The Labute approximate surface area is 104 Å². The first-order valence-electron chi connectivity index (χ1n) is 7.11.